The van der Waals surface area contributed by atoms with Gasteiger partial charge in [-0.05, 0) is 48.4 Å². The van der Waals surface area contributed by atoms with E-state index in [1.807, 2.05) is 0 Å². The second-order valence-corrected chi connectivity index (χ2v) is 6.91. The van der Waals surface area contributed by atoms with Crippen LogP contribution in [0, 0.1) is 0 Å². The Morgan fingerprint density at radius 2 is 1.61 bits per heavy atom. The van der Waals surface area contributed by atoms with Gasteiger partial charge in [0.1, 0.15) is 11.5 Å². The molecular formula is C23H23NO7. The molecule has 1 fully saturated rings. The number of rotatable bonds is 7. The van der Waals surface area contributed by atoms with Crippen molar-refractivity contribution in [3.8, 4) is 5.75 Å². The van der Waals surface area contributed by atoms with E-state index in [0.29, 0.717) is 22.4 Å². The van der Waals surface area contributed by atoms with Gasteiger partial charge in [-0.15, -0.1) is 0 Å². The largest absolute Gasteiger partial charge is 0.507 e. The molecule has 1 aliphatic rings. The Morgan fingerprint density at radius 1 is 1.00 bits per heavy atom. The Morgan fingerprint density at radius 3 is 2.16 bits per heavy atom. The van der Waals surface area contributed by atoms with Gasteiger partial charge in [0.15, 0.2) is 0 Å². The Hall–Kier alpha value is -3.65. The number of hydrogen-bond donors (Lipinski definition) is 2. The first-order chi connectivity index (χ1) is 14.9. The molecule has 3 rings (SSSR count). The minimum absolute atomic E-state index is 0.0566. The van der Waals surface area contributed by atoms with Gasteiger partial charge < -0.3 is 24.6 Å². The third kappa shape index (κ3) is 4.29. The molecule has 0 saturated carbocycles. The van der Waals surface area contributed by atoms with Crippen LogP contribution in [0.1, 0.15) is 33.9 Å². The Labute approximate surface area is 179 Å². The highest BCUT2D eigenvalue weighted by Crippen LogP contribution is 2.39. The fraction of sp³-hybridized carbons (Fsp3) is 0.261. The summed E-state index contributed by atoms with van der Waals surface area (Å²) >= 11 is 0. The molecule has 0 radical (unpaired) electrons. The van der Waals surface area contributed by atoms with Crippen molar-refractivity contribution in [1.82, 2.24) is 4.90 Å². The van der Waals surface area contributed by atoms with Gasteiger partial charge in [-0.1, -0.05) is 12.1 Å². The van der Waals surface area contributed by atoms with Crippen molar-refractivity contribution in [2.45, 2.75) is 12.5 Å². The topological polar surface area (TPSA) is 113 Å². The predicted octanol–water partition coefficient (Wildman–Crippen LogP) is 2.29. The highest BCUT2D eigenvalue weighted by molar-refractivity contribution is 6.46. The number of esters is 1. The van der Waals surface area contributed by atoms with Gasteiger partial charge >= 0.3 is 5.97 Å². The first-order valence-corrected chi connectivity index (χ1v) is 9.65. The maximum atomic E-state index is 12.9. The van der Waals surface area contributed by atoms with E-state index in [9.17, 15) is 24.6 Å². The van der Waals surface area contributed by atoms with E-state index in [0.717, 1.165) is 0 Å². The Balaban J connectivity index is 2.11. The average molecular weight is 425 g/mol. The van der Waals surface area contributed by atoms with Crippen molar-refractivity contribution in [2.75, 3.05) is 27.4 Å². The summed E-state index contributed by atoms with van der Waals surface area (Å²) in [6, 6.07) is 11.9. The lowest BCUT2D eigenvalue weighted by Gasteiger charge is -2.25. The molecule has 2 N–H and O–H groups in total. The van der Waals surface area contributed by atoms with Gasteiger partial charge in [-0.25, -0.2) is 4.79 Å². The van der Waals surface area contributed by atoms with Crippen LogP contribution in [0.5, 0.6) is 5.75 Å². The Kier molecular flexibility index (Phi) is 6.71. The van der Waals surface area contributed by atoms with Crippen molar-refractivity contribution in [3.05, 3.63) is 70.8 Å². The fourth-order valence-corrected chi connectivity index (χ4v) is 3.52. The number of nitrogens with zero attached hydrogens (tertiary/aromatic N) is 1. The fourth-order valence-electron chi connectivity index (χ4n) is 3.52. The Bertz CT molecular complexity index is 1010. The molecule has 2 aromatic carbocycles. The van der Waals surface area contributed by atoms with E-state index in [-0.39, 0.29) is 30.9 Å². The summed E-state index contributed by atoms with van der Waals surface area (Å²) in [7, 11) is 2.79. The van der Waals surface area contributed by atoms with Crippen molar-refractivity contribution in [1.29, 1.82) is 0 Å². The number of hydrogen-bond acceptors (Lipinski definition) is 7. The minimum atomic E-state index is -0.861. The van der Waals surface area contributed by atoms with Crippen LogP contribution in [-0.4, -0.2) is 60.1 Å². The summed E-state index contributed by atoms with van der Waals surface area (Å²) in [5, 5.41) is 20.2. The zero-order valence-corrected chi connectivity index (χ0v) is 17.2. The highest BCUT2D eigenvalue weighted by Gasteiger charge is 2.45. The highest BCUT2D eigenvalue weighted by atomic mass is 16.5. The van der Waals surface area contributed by atoms with Crippen LogP contribution in [0.15, 0.2) is 54.1 Å². The second-order valence-electron chi connectivity index (χ2n) is 6.91. The van der Waals surface area contributed by atoms with Gasteiger partial charge in [-0.2, -0.15) is 0 Å². The van der Waals surface area contributed by atoms with E-state index < -0.39 is 23.7 Å². The van der Waals surface area contributed by atoms with Crippen LogP contribution < -0.4 is 4.74 Å². The molecule has 1 saturated heterocycles. The SMILES string of the molecule is COC(=O)c1ccc([C@@H]2C(=C(O)c3ccc(OC)cc3)C(=O)C(=O)N2CCCO)cc1. The number of aliphatic hydroxyl groups is 2. The number of ether oxygens (including phenoxy) is 2. The number of likely N-dealkylation sites (tertiary alicyclic amines) is 1. The lowest BCUT2D eigenvalue weighted by molar-refractivity contribution is -0.140. The number of Topliss-reactive ketones (excluding diaryl/α,β-unsaturated/α-hetero) is 1. The van der Waals surface area contributed by atoms with Crippen LogP contribution in [0.3, 0.4) is 0 Å². The maximum absolute atomic E-state index is 12.9. The van der Waals surface area contributed by atoms with Crippen molar-refractivity contribution < 1.29 is 34.1 Å². The number of ketones is 1. The smallest absolute Gasteiger partial charge is 0.337 e. The number of benzene rings is 2. The first-order valence-electron chi connectivity index (χ1n) is 9.65. The predicted molar refractivity (Wildman–Crippen MR) is 111 cm³/mol. The second kappa shape index (κ2) is 9.44. The van der Waals surface area contributed by atoms with Gasteiger partial charge in [0, 0.05) is 18.7 Å². The zero-order valence-electron chi connectivity index (χ0n) is 17.2. The minimum Gasteiger partial charge on any atom is -0.507 e. The summed E-state index contributed by atoms with van der Waals surface area (Å²) in [6.45, 7) is -0.0284. The quantitative estimate of drug-likeness (QED) is 0.303. The van der Waals surface area contributed by atoms with E-state index in [1.54, 1.807) is 36.4 Å². The van der Waals surface area contributed by atoms with Gasteiger partial charge in [0.05, 0.1) is 31.4 Å². The van der Waals surface area contributed by atoms with Crippen LogP contribution >= 0.6 is 0 Å². The molecule has 162 valence electrons. The molecule has 1 atom stereocenters. The summed E-state index contributed by atoms with van der Waals surface area (Å²) in [4.78, 5) is 38.6. The molecule has 2 aromatic rings. The normalized spacial score (nSPS) is 17.6. The van der Waals surface area contributed by atoms with Crippen molar-refractivity contribution in [3.63, 3.8) is 0 Å². The van der Waals surface area contributed by atoms with Crippen LogP contribution in [0.2, 0.25) is 0 Å². The standard InChI is InChI=1S/C23H23NO7/c1-30-17-10-8-15(9-11-17)20(26)18-19(24(12-3-13-25)22(28)21(18)27)14-4-6-16(7-5-14)23(29)31-2/h4-11,19,25-26H,3,12-13H2,1-2H3/t19-/m1/s1. The van der Waals surface area contributed by atoms with E-state index in [1.165, 1.54) is 31.3 Å². The molecule has 31 heavy (non-hydrogen) atoms. The molecule has 0 unspecified atom stereocenters. The van der Waals surface area contributed by atoms with E-state index in [4.69, 9.17) is 9.47 Å². The van der Waals surface area contributed by atoms with E-state index >= 15 is 0 Å². The molecule has 1 heterocycles. The number of carbonyl (C=O) groups excluding carboxylic acids is 3. The summed E-state index contributed by atoms with van der Waals surface area (Å²) in [5.74, 6) is -1.82. The molecule has 0 bridgehead atoms. The zero-order chi connectivity index (χ0) is 22.5. The van der Waals surface area contributed by atoms with Crippen LogP contribution in [-0.2, 0) is 14.3 Å². The first kappa shape index (κ1) is 22.0. The number of amides is 1. The average Bonchev–Trinajstić information content (AvgIpc) is 3.06. The molecule has 8 nitrogen and oxygen atoms in total. The van der Waals surface area contributed by atoms with Crippen molar-refractivity contribution in [2.24, 2.45) is 0 Å². The summed E-state index contributed by atoms with van der Waals surface area (Å²) in [5.41, 5.74) is 1.16. The molecule has 0 spiro atoms. The molecule has 0 aromatic heterocycles. The third-order valence-electron chi connectivity index (χ3n) is 5.11. The molecule has 8 heteroatoms. The van der Waals surface area contributed by atoms with Gasteiger partial charge in [-0.3, -0.25) is 9.59 Å². The maximum Gasteiger partial charge on any atom is 0.337 e. The third-order valence-corrected chi connectivity index (χ3v) is 5.11. The lowest BCUT2D eigenvalue weighted by atomic mass is 9.94. The van der Waals surface area contributed by atoms with Gasteiger partial charge in [0.2, 0.25) is 0 Å². The lowest BCUT2D eigenvalue weighted by Crippen LogP contribution is -2.31. The van der Waals surface area contributed by atoms with Crippen LogP contribution in [0.4, 0.5) is 0 Å². The summed E-state index contributed by atoms with van der Waals surface area (Å²) < 4.78 is 9.82. The molecular weight excluding hydrogens is 402 g/mol. The monoisotopic (exact) mass is 425 g/mol. The summed E-state index contributed by atoms with van der Waals surface area (Å²) in [6.07, 6.45) is 0.270. The van der Waals surface area contributed by atoms with Gasteiger partial charge in [0.25, 0.3) is 11.7 Å². The number of carbonyl (C=O) groups is 3. The molecule has 0 aliphatic carbocycles. The van der Waals surface area contributed by atoms with Crippen LogP contribution in [0.25, 0.3) is 5.76 Å². The molecule has 1 amide bonds. The number of aliphatic hydroxyl groups excluding tert-OH is 2. The molecule has 1 aliphatic heterocycles. The number of methoxy groups -OCH3 is 2. The van der Waals surface area contributed by atoms with Crippen molar-refractivity contribution >= 4 is 23.4 Å². The van der Waals surface area contributed by atoms with E-state index in [2.05, 4.69) is 0 Å².